The van der Waals surface area contributed by atoms with Crippen LogP contribution in [0.25, 0.3) is 0 Å². The van der Waals surface area contributed by atoms with E-state index in [-0.39, 0.29) is 41.3 Å². The van der Waals surface area contributed by atoms with Gasteiger partial charge in [-0.25, -0.2) is 0 Å². The van der Waals surface area contributed by atoms with Crippen molar-refractivity contribution in [3.63, 3.8) is 0 Å². The summed E-state index contributed by atoms with van der Waals surface area (Å²) in [6.07, 6.45) is 3.89. The average Bonchev–Trinajstić information content (AvgIpc) is 3.18. The lowest BCUT2D eigenvalue weighted by Gasteiger charge is -2.42. The molecule has 2 aromatic carbocycles. The molecule has 3 aliphatic carbocycles. The molecule has 4 aliphatic rings. The van der Waals surface area contributed by atoms with Crippen molar-refractivity contribution in [2.24, 2.45) is 17.8 Å². The van der Waals surface area contributed by atoms with Crippen LogP contribution in [-0.2, 0) is 19.2 Å². The Kier molecular flexibility index (Phi) is 6.07. The highest BCUT2D eigenvalue weighted by Crippen LogP contribution is 2.55. The van der Waals surface area contributed by atoms with E-state index in [0.717, 1.165) is 5.57 Å². The van der Waals surface area contributed by atoms with E-state index in [9.17, 15) is 24.3 Å². The average molecular weight is 544 g/mol. The largest absolute Gasteiger partial charge is 0.504 e. The van der Waals surface area contributed by atoms with Gasteiger partial charge in [-0.1, -0.05) is 29.3 Å². The summed E-state index contributed by atoms with van der Waals surface area (Å²) in [5, 5.41) is 10.8. The number of rotatable bonds is 4. The van der Waals surface area contributed by atoms with Gasteiger partial charge in [0.25, 0.3) is 0 Å². The van der Waals surface area contributed by atoms with E-state index in [1.54, 1.807) is 50.2 Å². The molecule has 1 fully saturated rings. The van der Waals surface area contributed by atoms with Crippen LogP contribution in [0.5, 0.6) is 11.5 Å². The third-order valence-electron chi connectivity index (χ3n) is 8.26. The van der Waals surface area contributed by atoms with Crippen molar-refractivity contribution in [2.75, 3.05) is 11.5 Å². The summed E-state index contributed by atoms with van der Waals surface area (Å²) >= 11 is 6.03. The molecular formula is C31H26ClNO6. The molecule has 7 nitrogen and oxygen atoms in total. The van der Waals surface area contributed by atoms with Crippen LogP contribution in [0.2, 0.25) is 5.02 Å². The minimum atomic E-state index is -0.665. The van der Waals surface area contributed by atoms with Crippen LogP contribution >= 0.6 is 11.6 Å². The monoisotopic (exact) mass is 543 g/mol. The number of carbonyl (C=O) groups excluding carboxylic acids is 4. The first-order valence-electron chi connectivity index (χ1n) is 13.0. The van der Waals surface area contributed by atoms with Crippen LogP contribution in [-0.4, -0.2) is 35.1 Å². The highest BCUT2D eigenvalue weighted by molar-refractivity contribution is 6.31. The summed E-state index contributed by atoms with van der Waals surface area (Å²) in [5.41, 5.74) is 3.12. The molecule has 198 valence electrons. The molecule has 0 aromatic heterocycles. The van der Waals surface area contributed by atoms with Gasteiger partial charge in [-0.15, -0.1) is 0 Å². The number of amides is 2. The third kappa shape index (κ3) is 3.87. The Bertz CT molecular complexity index is 1550. The summed E-state index contributed by atoms with van der Waals surface area (Å²) < 4.78 is 5.61. The van der Waals surface area contributed by atoms with Crippen LogP contribution in [0.15, 0.2) is 76.9 Å². The molecule has 0 radical (unpaired) electrons. The van der Waals surface area contributed by atoms with Gasteiger partial charge in [0, 0.05) is 27.7 Å². The number of hydrogen-bond acceptors (Lipinski definition) is 6. The second-order valence-electron chi connectivity index (χ2n) is 10.4. The number of Topliss-reactive ketones (excluding diaryl/α,β-unsaturated/α-hetero) is 1. The van der Waals surface area contributed by atoms with E-state index in [4.69, 9.17) is 16.3 Å². The van der Waals surface area contributed by atoms with Crippen molar-refractivity contribution in [3.05, 3.63) is 87.5 Å². The van der Waals surface area contributed by atoms with Gasteiger partial charge in [0.15, 0.2) is 23.1 Å². The van der Waals surface area contributed by atoms with E-state index >= 15 is 0 Å². The minimum Gasteiger partial charge on any atom is -0.504 e. The summed E-state index contributed by atoms with van der Waals surface area (Å²) in [4.78, 5) is 55.4. The number of phenolic OH excluding ortho intramolecular Hbond substituents is 1. The van der Waals surface area contributed by atoms with E-state index < -0.39 is 23.7 Å². The number of carbonyl (C=O) groups is 4. The Morgan fingerprint density at radius 3 is 2.49 bits per heavy atom. The predicted molar refractivity (Wildman–Crippen MR) is 145 cm³/mol. The van der Waals surface area contributed by atoms with Gasteiger partial charge in [0.2, 0.25) is 11.8 Å². The number of anilines is 1. The molecule has 1 N–H and O–H groups in total. The molecular weight excluding hydrogens is 518 g/mol. The molecule has 0 spiro atoms. The molecule has 1 heterocycles. The van der Waals surface area contributed by atoms with Crippen molar-refractivity contribution in [1.82, 2.24) is 0 Å². The van der Waals surface area contributed by atoms with Gasteiger partial charge in [0.05, 0.1) is 24.1 Å². The number of benzene rings is 2. The first kappa shape index (κ1) is 25.3. The van der Waals surface area contributed by atoms with Crippen LogP contribution in [0.4, 0.5) is 5.69 Å². The summed E-state index contributed by atoms with van der Waals surface area (Å²) in [7, 11) is 0. The van der Waals surface area contributed by atoms with E-state index in [2.05, 4.69) is 0 Å². The lowest BCUT2D eigenvalue weighted by atomic mass is 9.59. The normalized spacial score (nSPS) is 26.2. The fourth-order valence-electron chi connectivity index (χ4n) is 6.59. The lowest BCUT2D eigenvalue weighted by molar-refractivity contribution is -0.123. The van der Waals surface area contributed by atoms with Crippen LogP contribution < -0.4 is 9.64 Å². The number of halogens is 1. The number of allylic oxidation sites excluding steroid dienone is 6. The Morgan fingerprint density at radius 2 is 1.77 bits per heavy atom. The van der Waals surface area contributed by atoms with Gasteiger partial charge in [-0.3, -0.25) is 24.1 Å². The fraction of sp³-hybridized carbons (Fsp3) is 0.290. The topological polar surface area (TPSA) is 101 Å². The number of hydrogen-bond donors (Lipinski definition) is 1. The maximum absolute atomic E-state index is 13.9. The van der Waals surface area contributed by atoms with Gasteiger partial charge in [0.1, 0.15) is 0 Å². The van der Waals surface area contributed by atoms with Gasteiger partial charge in [-0.05, 0) is 80.6 Å². The number of ketones is 2. The van der Waals surface area contributed by atoms with Crippen molar-refractivity contribution in [3.8, 4) is 11.5 Å². The Balaban J connectivity index is 1.48. The number of aromatic hydroxyl groups is 1. The number of imide groups is 1. The van der Waals surface area contributed by atoms with Crippen molar-refractivity contribution in [2.45, 2.75) is 32.6 Å². The molecule has 39 heavy (non-hydrogen) atoms. The zero-order valence-electron chi connectivity index (χ0n) is 21.4. The van der Waals surface area contributed by atoms with Gasteiger partial charge < -0.3 is 9.84 Å². The Labute approximate surface area is 230 Å². The second-order valence-corrected chi connectivity index (χ2v) is 10.8. The van der Waals surface area contributed by atoms with Crippen LogP contribution in [0.3, 0.4) is 0 Å². The maximum atomic E-state index is 13.9. The van der Waals surface area contributed by atoms with Crippen molar-refractivity contribution < 1.29 is 29.0 Å². The van der Waals surface area contributed by atoms with Crippen LogP contribution in [0, 0.1) is 17.8 Å². The molecule has 2 amide bonds. The van der Waals surface area contributed by atoms with E-state index in [1.165, 1.54) is 17.0 Å². The Hall–Kier alpha value is -3.97. The number of nitrogens with zero attached hydrogens (tertiary/aromatic N) is 1. The smallest absolute Gasteiger partial charge is 0.238 e. The molecule has 4 unspecified atom stereocenters. The first-order valence-corrected chi connectivity index (χ1v) is 13.4. The van der Waals surface area contributed by atoms with Crippen LogP contribution in [0.1, 0.15) is 38.2 Å². The molecule has 8 heteroatoms. The minimum absolute atomic E-state index is 0.0307. The van der Waals surface area contributed by atoms with E-state index in [1.807, 2.05) is 6.08 Å². The summed E-state index contributed by atoms with van der Waals surface area (Å²) in [6, 6.07) is 11.5. The highest BCUT2D eigenvalue weighted by atomic mass is 35.5. The third-order valence-corrected chi connectivity index (χ3v) is 8.52. The number of fused-ring (bicyclic) bond motifs is 3. The second kappa shape index (κ2) is 9.35. The van der Waals surface area contributed by atoms with Gasteiger partial charge in [-0.2, -0.15) is 0 Å². The standard InChI is InChI=1S/C31H26ClNO6/c1-3-39-25-13-16(4-11-23(25)34)26-19-9-10-20-27(21(19)14-22-28(26)24(35)12-15(2)29(22)36)31(38)33(30(20)37)18-7-5-17(32)6-8-18/h4-9,11-13,20-21,26-27,34H,3,10,14H2,1-2H3. The SMILES string of the molecule is CCOc1cc(C2C3=CCC4C(=O)N(c5ccc(Cl)cc5)C(=O)C4C3CC3=C2C(=O)C=C(C)C3=O)ccc1O. The molecule has 0 saturated carbocycles. The first-order chi connectivity index (χ1) is 18.7. The lowest BCUT2D eigenvalue weighted by Crippen LogP contribution is -2.39. The predicted octanol–water partition coefficient (Wildman–Crippen LogP) is 5.08. The molecule has 4 atom stereocenters. The quantitative estimate of drug-likeness (QED) is 0.328. The Morgan fingerprint density at radius 1 is 1.03 bits per heavy atom. The fourth-order valence-corrected chi connectivity index (χ4v) is 6.71. The molecule has 1 aliphatic heterocycles. The zero-order chi connectivity index (χ0) is 27.6. The molecule has 1 saturated heterocycles. The molecule has 6 rings (SSSR count). The van der Waals surface area contributed by atoms with E-state index in [0.29, 0.717) is 46.0 Å². The number of ether oxygens (including phenoxy) is 1. The summed E-state index contributed by atoms with van der Waals surface area (Å²) in [5.74, 6) is -3.06. The zero-order valence-corrected chi connectivity index (χ0v) is 22.2. The number of phenols is 1. The maximum Gasteiger partial charge on any atom is 0.238 e. The van der Waals surface area contributed by atoms with Crippen molar-refractivity contribution in [1.29, 1.82) is 0 Å². The summed E-state index contributed by atoms with van der Waals surface area (Å²) in [6.45, 7) is 3.76. The van der Waals surface area contributed by atoms with Crippen molar-refractivity contribution >= 4 is 40.7 Å². The van der Waals surface area contributed by atoms with Gasteiger partial charge >= 0.3 is 0 Å². The highest BCUT2D eigenvalue weighted by Gasteiger charge is 2.56. The molecule has 0 bridgehead atoms. The molecule has 2 aromatic rings.